The first kappa shape index (κ1) is 19.4. The minimum Gasteiger partial charge on any atom is -0.465 e. The average molecular weight is 372 g/mol. The van der Waals surface area contributed by atoms with Gasteiger partial charge in [0.15, 0.2) is 0 Å². The third kappa shape index (κ3) is 6.15. The first-order valence-corrected chi connectivity index (χ1v) is 8.29. The van der Waals surface area contributed by atoms with Crippen LogP contribution in [-0.4, -0.2) is 25.7 Å². The number of rotatable bonds is 5. The quantitative estimate of drug-likeness (QED) is 0.493. The number of ether oxygens (including phenoxy) is 2. The number of carbonyl (C=O) groups is 2. The lowest BCUT2D eigenvalue weighted by atomic mass is 10.1. The van der Waals surface area contributed by atoms with E-state index in [0.29, 0.717) is 24.1 Å². The lowest BCUT2D eigenvalue weighted by Gasteiger charge is -2.05. The topological polar surface area (TPSA) is 64.6 Å². The molecule has 2 aromatic carbocycles. The van der Waals surface area contributed by atoms with Gasteiger partial charge in [0.1, 0.15) is 6.61 Å². The summed E-state index contributed by atoms with van der Waals surface area (Å²) in [4.78, 5) is 23.0. The summed E-state index contributed by atoms with van der Waals surface area (Å²) in [5, 5.41) is 2.91. The number of alkyl carbamates (subject to hydrolysis) is 1. The van der Waals surface area contributed by atoms with Gasteiger partial charge in [-0.15, -0.1) is 0 Å². The zero-order chi connectivity index (χ0) is 18.8. The summed E-state index contributed by atoms with van der Waals surface area (Å²) in [5.74, 6) is 5.36. The van der Waals surface area contributed by atoms with Gasteiger partial charge < -0.3 is 14.8 Å². The lowest BCUT2D eigenvalue weighted by molar-refractivity contribution is 0.0601. The van der Waals surface area contributed by atoms with Crippen LogP contribution in [-0.2, 0) is 16.1 Å². The number of benzene rings is 2. The summed E-state index contributed by atoms with van der Waals surface area (Å²) in [7, 11) is 1.30. The summed E-state index contributed by atoms with van der Waals surface area (Å²) in [5.41, 5.74) is 1.89. The fourth-order valence-electron chi connectivity index (χ4n) is 2.03. The number of methoxy groups -OCH3 is 1. The van der Waals surface area contributed by atoms with Gasteiger partial charge in [0, 0.05) is 18.5 Å². The van der Waals surface area contributed by atoms with E-state index in [2.05, 4.69) is 21.9 Å². The Morgan fingerprint density at radius 2 is 1.92 bits per heavy atom. The molecule has 0 atom stereocenters. The predicted octanol–water partition coefficient (Wildman–Crippen LogP) is 3.79. The molecule has 0 aliphatic carbocycles. The van der Waals surface area contributed by atoms with E-state index in [9.17, 15) is 9.59 Å². The van der Waals surface area contributed by atoms with Gasteiger partial charge in [-0.3, -0.25) is 0 Å². The number of hydrogen-bond acceptors (Lipinski definition) is 4. The summed E-state index contributed by atoms with van der Waals surface area (Å²) >= 11 is 6.03. The van der Waals surface area contributed by atoms with Crippen molar-refractivity contribution in [3.63, 3.8) is 0 Å². The smallest absolute Gasteiger partial charge is 0.407 e. The highest BCUT2D eigenvalue weighted by Crippen LogP contribution is 2.18. The van der Waals surface area contributed by atoms with Gasteiger partial charge in [-0.25, -0.2) is 9.59 Å². The van der Waals surface area contributed by atoms with Crippen molar-refractivity contribution in [3.8, 4) is 11.8 Å². The Morgan fingerprint density at radius 1 is 1.15 bits per heavy atom. The number of carbonyl (C=O) groups excluding carboxylic acids is 2. The van der Waals surface area contributed by atoms with Gasteiger partial charge in [-0.1, -0.05) is 53.8 Å². The molecule has 0 bridgehead atoms. The second kappa shape index (κ2) is 10.1. The van der Waals surface area contributed by atoms with Crippen molar-refractivity contribution < 1.29 is 19.1 Å². The maximum Gasteiger partial charge on any atom is 0.407 e. The Morgan fingerprint density at radius 3 is 2.62 bits per heavy atom. The van der Waals surface area contributed by atoms with Crippen LogP contribution in [0.2, 0.25) is 5.02 Å². The zero-order valence-corrected chi connectivity index (χ0v) is 15.0. The molecule has 5 nitrogen and oxygen atoms in total. The first-order chi connectivity index (χ1) is 12.6. The van der Waals surface area contributed by atoms with Crippen LogP contribution >= 0.6 is 11.6 Å². The Labute approximate surface area is 157 Å². The molecule has 0 saturated carbocycles. The van der Waals surface area contributed by atoms with Crippen molar-refractivity contribution in [1.82, 2.24) is 5.32 Å². The highest BCUT2D eigenvalue weighted by atomic mass is 35.5. The molecule has 0 fully saturated rings. The molecule has 0 unspecified atom stereocenters. The average Bonchev–Trinajstić information content (AvgIpc) is 2.66. The van der Waals surface area contributed by atoms with E-state index in [1.54, 1.807) is 18.2 Å². The fraction of sp³-hybridized carbons (Fsp3) is 0.200. The maximum atomic E-state index is 11.6. The van der Waals surface area contributed by atoms with Crippen LogP contribution in [0.25, 0.3) is 0 Å². The molecule has 2 rings (SSSR count). The van der Waals surface area contributed by atoms with E-state index >= 15 is 0 Å². The molecule has 2 aromatic rings. The third-order valence-electron chi connectivity index (χ3n) is 3.34. The molecule has 0 aromatic heterocycles. The molecular formula is C20H18ClNO4. The minimum atomic E-state index is -0.493. The highest BCUT2D eigenvalue weighted by Gasteiger charge is 2.10. The molecule has 134 valence electrons. The van der Waals surface area contributed by atoms with Crippen molar-refractivity contribution >= 4 is 23.7 Å². The second-order valence-corrected chi connectivity index (χ2v) is 5.63. The third-order valence-corrected chi connectivity index (χ3v) is 3.65. The molecule has 1 N–H and O–H groups in total. The van der Waals surface area contributed by atoms with Crippen molar-refractivity contribution in [2.24, 2.45) is 0 Å². The number of nitrogens with one attached hydrogen (secondary N) is 1. The normalized spacial score (nSPS) is 9.62. The number of amides is 1. The number of esters is 1. The second-order valence-electron chi connectivity index (χ2n) is 5.23. The van der Waals surface area contributed by atoms with E-state index in [1.807, 2.05) is 30.3 Å². The maximum absolute atomic E-state index is 11.6. The summed E-state index contributed by atoms with van der Waals surface area (Å²) in [6, 6.07) is 14.3. The molecule has 0 radical (unpaired) electrons. The van der Waals surface area contributed by atoms with Crippen LogP contribution in [0, 0.1) is 11.8 Å². The molecule has 0 saturated heterocycles. The van der Waals surface area contributed by atoms with Gasteiger partial charge in [0.05, 0.1) is 17.7 Å². The SMILES string of the molecule is COC(=O)c1ccc(C#CCCNC(=O)OCc2ccccc2)cc1Cl. The summed E-state index contributed by atoms with van der Waals surface area (Å²) in [6.45, 7) is 0.595. The van der Waals surface area contributed by atoms with Gasteiger partial charge in [0.2, 0.25) is 0 Å². The van der Waals surface area contributed by atoms with E-state index in [4.69, 9.17) is 16.3 Å². The largest absolute Gasteiger partial charge is 0.465 e. The van der Waals surface area contributed by atoms with Crippen LogP contribution in [0.1, 0.15) is 27.9 Å². The summed E-state index contributed by atoms with van der Waals surface area (Å²) < 4.78 is 9.72. The van der Waals surface area contributed by atoms with Gasteiger partial charge in [0.25, 0.3) is 0 Å². The molecule has 1 amide bonds. The number of halogens is 1. The van der Waals surface area contributed by atoms with Crippen LogP contribution in [0.15, 0.2) is 48.5 Å². The number of hydrogen-bond donors (Lipinski definition) is 1. The molecule has 0 aliphatic rings. The van der Waals surface area contributed by atoms with E-state index in [1.165, 1.54) is 7.11 Å². The van der Waals surface area contributed by atoms with E-state index in [-0.39, 0.29) is 11.6 Å². The van der Waals surface area contributed by atoms with Crippen molar-refractivity contribution in [1.29, 1.82) is 0 Å². The Bertz CT molecular complexity index is 825. The van der Waals surface area contributed by atoms with Gasteiger partial charge >= 0.3 is 12.1 Å². The molecule has 0 aliphatic heterocycles. The van der Waals surface area contributed by atoms with Gasteiger partial charge in [-0.2, -0.15) is 0 Å². The first-order valence-electron chi connectivity index (χ1n) is 7.91. The van der Waals surface area contributed by atoms with Crippen LogP contribution in [0.3, 0.4) is 0 Å². The molecule has 26 heavy (non-hydrogen) atoms. The van der Waals surface area contributed by atoms with Crippen molar-refractivity contribution in [2.75, 3.05) is 13.7 Å². The van der Waals surface area contributed by atoms with Crippen molar-refractivity contribution in [2.45, 2.75) is 13.0 Å². The standard InChI is InChI=1S/C20H18ClNO4/c1-25-19(23)17-11-10-15(13-18(17)21)7-5-6-12-22-20(24)26-14-16-8-3-2-4-9-16/h2-4,8-11,13H,6,12,14H2,1H3,(H,22,24). The summed E-state index contributed by atoms with van der Waals surface area (Å²) in [6.07, 6.45) is -0.0299. The monoisotopic (exact) mass is 371 g/mol. The molecule has 0 spiro atoms. The highest BCUT2D eigenvalue weighted by molar-refractivity contribution is 6.33. The lowest BCUT2D eigenvalue weighted by Crippen LogP contribution is -2.24. The van der Waals surface area contributed by atoms with Gasteiger partial charge in [-0.05, 0) is 23.8 Å². The Balaban J connectivity index is 1.74. The zero-order valence-electron chi connectivity index (χ0n) is 14.3. The van der Waals surface area contributed by atoms with Crippen molar-refractivity contribution in [3.05, 3.63) is 70.2 Å². The minimum absolute atomic E-state index is 0.226. The Hall–Kier alpha value is -2.97. The molecule has 0 heterocycles. The Kier molecular flexibility index (Phi) is 7.53. The fourth-order valence-corrected chi connectivity index (χ4v) is 2.29. The predicted molar refractivity (Wildman–Crippen MR) is 98.9 cm³/mol. The van der Waals surface area contributed by atoms with Crippen LogP contribution < -0.4 is 5.32 Å². The van der Waals surface area contributed by atoms with E-state index < -0.39 is 12.1 Å². The van der Waals surface area contributed by atoms with Crippen LogP contribution in [0.4, 0.5) is 4.79 Å². The molecular weight excluding hydrogens is 354 g/mol. The molecule has 6 heteroatoms. The van der Waals surface area contributed by atoms with E-state index in [0.717, 1.165) is 5.56 Å². The van der Waals surface area contributed by atoms with Crippen LogP contribution in [0.5, 0.6) is 0 Å².